The summed E-state index contributed by atoms with van der Waals surface area (Å²) < 4.78 is 12.3. The van der Waals surface area contributed by atoms with Crippen molar-refractivity contribution in [3.63, 3.8) is 0 Å². The Morgan fingerprint density at radius 1 is 1.35 bits per heavy atom. The SMILES string of the molecule is COC(=O)/C=C1/SCC(=O)N1CCCSc1nnc(N2CCCC2)n1Cc1ccco1. The molecule has 166 valence electrons. The van der Waals surface area contributed by atoms with Crippen LogP contribution in [0.4, 0.5) is 5.95 Å². The van der Waals surface area contributed by atoms with E-state index in [1.54, 1.807) is 22.9 Å². The van der Waals surface area contributed by atoms with Gasteiger partial charge in [0.25, 0.3) is 0 Å². The highest BCUT2D eigenvalue weighted by molar-refractivity contribution is 8.04. The molecule has 2 aliphatic rings. The van der Waals surface area contributed by atoms with Gasteiger partial charge in [0, 0.05) is 25.4 Å². The van der Waals surface area contributed by atoms with Crippen molar-refractivity contribution in [3.8, 4) is 0 Å². The second kappa shape index (κ2) is 10.3. The maximum Gasteiger partial charge on any atom is 0.333 e. The number of thioether (sulfide) groups is 2. The van der Waals surface area contributed by atoms with Crippen LogP contribution in [0.3, 0.4) is 0 Å². The zero-order valence-corrected chi connectivity index (χ0v) is 19.0. The molecular formula is C20H25N5O4S2. The van der Waals surface area contributed by atoms with Crippen LogP contribution in [0.1, 0.15) is 25.0 Å². The van der Waals surface area contributed by atoms with E-state index >= 15 is 0 Å². The molecule has 0 aromatic carbocycles. The van der Waals surface area contributed by atoms with E-state index < -0.39 is 5.97 Å². The first-order valence-corrected chi connectivity index (χ1v) is 12.2. The molecule has 2 saturated heterocycles. The average molecular weight is 464 g/mol. The van der Waals surface area contributed by atoms with Crippen LogP contribution in [-0.2, 0) is 20.9 Å². The van der Waals surface area contributed by atoms with Crippen molar-refractivity contribution in [2.45, 2.75) is 31.0 Å². The third-order valence-corrected chi connectivity index (χ3v) is 7.17. The summed E-state index contributed by atoms with van der Waals surface area (Å²) in [5.74, 6) is 2.44. The highest BCUT2D eigenvalue weighted by atomic mass is 32.2. The molecule has 2 aromatic heterocycles. The number of hydrogen-bond acceptors (Lipinski definition) is 9. The lowest BCUT2D eigenvalue weighted by Gasteiger charge is -2.18. The molecule has 9 nitrogen and oxygen atoms in total. The predicted molar refractivity (Wildman–Crippen MR) is 119 cm³/mol. The van der Waals surface area contributed by atoms with Crippen LogP contribution in [0.2, 0.25) is 0 Å². The van der Waals surface area contributed by atoms with Gasteiger partial charge >= 0.3 is 5.97 Å². The largest absolute Gasteiger partial charge is 0.467 e. The fourth-order valence-electron chi connectivity index (χ4n) is 3.55. The van der Waals surface area contributed by atoms with Gasteiger partial charge in [0.2, 0.25) is 11.9 Å². The minimum Gasteiger partial charge on any atom is -0.467 e. The highest BCUT2D eigenvalue weighted by Crippen LogP contribution is 2.30. The first-order chi connectivity index (χ1) is 15.2. The van der Waals surface area contributed by atoms with E-state index in [-0.39, 0.29) is 5.91 Å². The van der Waals surface area contributed by atoms with Crippen LogP contribution >= 0.6 is 23.5 Å². The van der Waals surface area contributed by atoms with Crippen molar-refractivity contribution >= 4 is 41.3 Å². The number of methoxy groups -OCH3 is 1. The maximum absolute atomic E-state index is 12.2. The summed E-state index contributed by atoms with van der Waals surface area (Å²) in [6.07, 6.45) is 6.15. The lowest BCUT2D eigenvalue weighted by molar-refractivity contribution is -0.134. The second-order valence-electron chi connectivity index (χ2n) is 7.18. The van der Waals surface area contributed by atoms with E-state index in [0.29, 0.717) is 23.9 Å². The number of furan rings is 1. The molecule has 11 heteroatoms. The topological polar surface area (TPSA) is 93.7 Å². The molecule has 4 heterocycles. The summed E-state index contributed by atoms with van der Waals surface area (Å²) >= 11 is 2.98. The third-order valence-electron chi connectivity index (χ3n) is 5.09. The molecule has 0 atom stereocenters. The third kappa shape index (κ3) is 5.27. The molecule has 31 heavy (non-hydrogen) atoms. The molecule has 4 rings (SSSR count). The number of anilines is 1. The van der Waals surface area contributed by atoms with E-state index in [9.17, 15) is 9.59 Å². The smallest absolute Gasteiger partial charge is 0.333 e. The number of carbonyl (C=O) groups excluding carboxylic acids is 2. The van der Waals surface area contributed by atoms with Crippen LogP contribution < -0.4 is 4.90 Å². The zero-order chi connectivity index (χ0) is 21.6. The van der Waals surface area contributed by atoms with E-state index in [1.165, 1.54) is 37.8 Å². The van der Waals surface area contributed by atoms with Gasteiger partial charge < -0.3 is 19.0 Å². The molecule has 0 radical (unpaired) electrons. The summed E-state index contributed by atoms with van der Waals surface area (Å²) in [6.45, 7) is 3.12. The number of amides is 1. The van der Waals surface area contributed by atoms with Gasteiger partial charge in [0.15, 0.2) is 5.16 Å². The summed E-state index contributed by atoms with van der Waals surface area (Å²) in [5.41, 5.74) is 0. The molecule has 0 aliphatic carbocycles. The Bertz CT molecular complexity index is 938. The Morgan fingerprint density at radius 2 is 2.19 bits per heavy atom. The molecule has 0 saturated carbocycles. The molecule has 2 aliphatic heterocycles. The fraction of sp³-hybridized carbons (Fsp3) is 0.500. The van der Waals surface area contributed by atoms with Crippen LogP contribution in [0.25, 0.3) is 0 Å². The number of hydrogen-bond donors (Lipinski definition) is 0. The first kappa shape index (κ1) is 21.8. The molecule has 0 bridgehead atoms. The van der Waals surface area contributed by atoms with Crippen molar-refractivity contribution in [2.75, 3.05) is 43.1 Å². The van der Waals surface area contributed by atoms with Crippen LogP contribution in [0, 0.1) is 0 Å². The van der Waals surface area contributed by atoms with Crippen LogP contribution in [0.5, 0.6) is 0 Å². The average Bonchev–Trinajstić information content (AvgIpc) is 3.56. The number of esters is 1. The summed E-state index contributed by atoms with van der Waals surface area (Å²) in [4.78, 5) is 27.6. The second-order valence-corrected chi connectivity index (χ2v) is 9.24. The van der Waals surface area contributed by atoms with E-state index in [4.69, 9.17) is 4.42 Å². The van der Waals surface area contributed by atoms with Gasteiger partial charge in [-0.3, -0.25) is 9.36 Å². The van der Waals surface area contributed by atoms with Crippen molar-refractivity contribution in [3.05, 3.63) is 35.3 Å². The molecule has 0 N–H and O–H groups in total. The quantitative estimate of drug-likeness (QED) is 0.241. The Morgan fingerprint density at radius 3 is 2.94 bits per heavy atom. The molecule has 2 fully saturated rings. The zero-order valence-electron chi connectivity index (χ0n) is 17.4. The number of aromatic nitrogens is 3. The Hall–Kier alpha value is -2.40. The Balaban J connectivity index is 1.38. The standard InChI is InChI=1S/C20H25N5O4S2/c1-28-18(27)12-17-24(16(26)14-31-17)9-5-11-30-20-22-21-19(23-7-2-3-8-23)25(20)13-15-6-4-10-29-15/h4,6,10,12H,2-3,5,7-9,11,13-14H2,1H3/b17-12+. The van der Waals surface area contributed by atoms with E-state index in [0.717, 1.165) is 42.1 Å². The van der Waals surface area contributed by atoms with E-state index in [1.807, 2.05) is 12.1 Å². The monoisotopic (exact) mass is 463 g/mol. The normalized spacial score (nSPS) is 17.8. The van der Waals surface area contributed by atoms with Gasteiger partial charge in [0.05, 0.1) is 36.8 Å². The van der Waals surface area contributed by atoms with Gasteiger partial charge in [-0.05, 0) is 31.4 Å². The highest BCUT2D eigenvalue weighted by Gasteiger charge is 2.27. The summed E-state index contributed by atoms with van der Waals surface area (Å²) in [5, 5.41) is 10.4. The fourth-order valence-corrected chi connectivity index (χ4v) is 5.36. The Kier molecular flexibility index (Phi) is 7.23. The number of rotatable bonds is 9. The molecule has 0 unspecified atom stereocenters. The van der Waals surface area contributed by atoms with Gasteiger partial charge in [-0.25, -0.2) is 4.79 Å². The van der Waals surface area contributed by atoms with Gasteiger partial charge in [-0.1, -0.05) is 23.5 Å². The van der Waals surface area contributed by atoms with Crippen LogP contribution in [0.15, 0.2) is 39.1 Å². The van der Waals surface area contributed by atoms with Crippen molar-refractivity contribution < 1.29 is 18.7 Å². The van der Waals surface area contributed by atoms with E-state index in [2.05, 4.69) is 24.4 Å². The Labute approximate surface area is 189 Å². The van der Waals surface area contributed by atoms with Gasteiger partial charge in [-0.2, -0.15) is 0 Å². The first-order valence-electron chi connectivity index (χ1n) is 10.2. The summed E-state index contributed by atoms with van der Waals surface area (Å²) in [6, 6.07) is 3.83. The molecule has 2 aromatic rings. The maximum atomic E-state index is 12.2. The number of nitrogens with zero attached hydrogens (tertiary/aromatic N) is 5. The number of carbonyl (C=O) groups is 2. The molecule has 1 amide bonds. The lowest BCUT2D eigenvalue weighted by Crippen LogP contribution is -2.26. The number of ether oxygens (including phenoxy) is 1. The minimum absolute atomic E-state index is 0.0162. The van der Waals surface area contributed by atoms with Crippen molar-refractivity contribution in [2.24, 2.45) is 0 Å². The molecular weight excluding hydrogens is 438 g/mol. The summed E-state index contributed by atoms with van der Waals surface area (Å²) in [7, 11) is 1.33. The van der Waals surface area contributed by atoms with Gasteiger partial charge in [-0.15, -0.1) is 10.2 Å². The van der Waals surface area contributed by atoms with Gasteiger partial charge in [0.1, 0.15) is 5.76 Å². The predicted octanol–water partition coefficient (Wildman–Crippen LogP) is 2.59. The van der Waals surface area contributed by atoms with Crippen molar-refractivity contribution in [1.82, 2.24) is 19.7 Å². The van der Waals surface area contributed by atoms with Crippen LogP contribution in [-0.4, -0.2) is 69.8 Å². The minimum atomic E-state index is -0.447. The lowest BCUT2D eigenvalue weighted by atomic mass is 10.4. The van der Waals surface area contributed by atoms with Crippen molar-refractivity contribution in [1.29, 1.82) is 0 Å². The molecule has 0 spiro atoms.